The molecule has 1 aromatic carbocycles. The molecular weight excluding hydrogens is 251 g/mol. The van der Waals surface area contributed by atoms with E-state index in [0.29, 0.717) is 11.7 Å². The summed E-state index contributed by atoms with van der Waals surface area (Å²) < 4.78 is 18.3. The number of anilines is 1. The van der Waals surface area contributed by atoms with Crippen molar-refractivity contribution in [1.29, 1.82) is 0 Å². The Balaban J connectivity index is 2.10. The molecular formula is C12H13FN4O2. The van der Waals surface area contributed by atoms with E-state index in [4.69, 9.17) is 4.52 Å². The number of halogens is 1. The molecule has 1 aromatic heterocycles. The van der Waals surface area contributed by atoms with Crippen LogP contribution in [0.15, 0.2) is 22.7 Å². The summed E-state index contributed by atoms with van der Waals surface area (Å²) in [4.78, 5) is 15.9. The van der Waals surface area contributed by atoms with Gasteiger partial charge in [-0.25, -0.2) is 4.39 Å². The highest BCUT2D eigenvalue weighted by atomic mass is 19.1. The van der Waals surface area contributed by atoms with Gasteiger partial charge in [0.1, 0.15) is 5.82 Å². The fourth-order valence-corrected chi connectivity index (χ4v) is 1.64. The van der Waals surface area contributed by atoms with E-state index in [2.05, 4.69) is 20.8 Å². The van der Waals surface area contributed by atoms with Crippen LogP contribution in [0, 0.1) is 12.7 Å². The molecule has 2 rings (SSSR count). The highest BCUT2D eigenvalue weighted by Crippen LogP contribution is 2.18. The summed E-state index contributed by atoms with van der Waals surface area (Å²) in [7, 11) is 1.55. The zero-order valence-electron chi connectivity index (χ0n) is 10.5. The minimum absolute atomic E-state index is 0.121. The van der Waals surface area contributed by atoms with E-state index >= 15 is 0 Å². The zero-order chi connectivity index (χ0) is 13.8. The van der Waals surface area contributed by atoms with E-state index in [9.17, 15) is 9.18 Å². The first kappa shape index (κ1) is 13.0. The fraction of sp³-hybridized carbons (Fsp3) is 0.250. The van der Waals surface area contributed by atoms with Gasteiger partial charge in [-0.2, -0.15) is 4.98 Å². The number of hydrogen-bond acceptors (Lipinski definition) is 5. The van der Waals surface area contributed by atoms with E-state index in [1.54, 1.807) is 14.0 Å². The lowest BCUT2D eigenvalue weighted by atomic mass is 10.1. The Morgan fingerprint density at radius 2 is 2.26 bits per heavy atom. The van der Waals surface area contributed by atoms with Gasteiger partial charge in [-0.3, -0.25) is 4.79 Å². The first-order valence-corrected chi connectivity index (χ1v) is 5.65. The fourth-order valence-electron chi connectivity index (χ4n) is 1.64. The van der Waals surface area contributed by atoms with Gasteiger partial charge in [0.25, 0.3) is 5.91 Å². The van der Waals surface area contributed by atoms with Crippen LogP contribution in [0.1, 0.15) is 22.1 Å². The molecule has 0 aliphatic carbocycles. The molecule has 0 radical (unpaired) electrons. The molecule has 2 aromatic rings. The van der Waals surface area contributed by atoms with Gasteiger partial charge in [0.15, 0.2) is 5.82 Å². The number of carbonyl (C=O) groups excluding carboxylic acids is 1. The van der Waals surface area contributed by atoms with Crippen LogP contribution in [0.3, 0.4) is 0 Å². The minimum atomic E-state index is -0.481. The molecule has 0 saturated heterocycles. The molecule has 6 nitrogen and oxygen atoms in total. The smallest absolute Gasteiger partial charge is 0.253 e. The number of carbonyl (C=O) groups is 1. The van der Waals surface area contributed by atoms with Gasteiger partial charge in [0.05, 0.1) is 17.8 Å². The second-order valence-corrected chi connectivity index (χ2v) is 3.82. The standard InChI is InChI=1S/C12H13FN4O2/c1-7-16-10(17-19-7)6-15-12(18)8-4-3-5-9(13)11(8)14-2/h3-5,14H,6H2,1-2H3,(H,15,18). The van der Waals surface area contributed by atoms with Crippen molar-refractivity contribution < 1.29 is 13.7 Å². The average Bonchev–Trinajstić information content (AvgIpc) is 2.81. The predicted molar refractivity (Wildman–Crippen MR) is 66.2 cm³/mol. The molecule has 1 heterocycles. The van der Waals surface area contributed by atoms with Crippen LogP contribution < -0.4 is 10.6 Å². The molecule has 0 saturated carbocycles. The minimum Gasteiger partial charge on any atom is -0.385 e. The third-order valence-corrected chi connectivity index (χ3v) is 2.48. The first-order chi connectivity index (χ1) is 9.11. The van der Waals surface area contributed by atoms with E-state index in [1.165, 1.54) is 18.2 Å². The Morgan fingerprint density at radius 1 is 1.47 bits per heavy atom. The third-order valence-electron chi connectivity index (χ3n) is 2.48. The summed E-state index contributed by atoms with van der Waals surface area (Å²) in [6, 6.07) is 4.29. The molecule has 0 atom stereocenters. The van der Waals surface area contributed by atoms with Crippen molar-refractivity contribution in [2.24, 2.45) is 0 Å². The predicted octanol–water partition coefficient (Wildman–Crippen LogP) is 1.49. The van der Waals surface area contributed by atoms with Gasteiger partial charge in [0, 0.05) is 14.0 Å². The molecule has 0 aliphatic heterocycles. The number of benzene rings is 1. The Hall–Kier alpha value is -2.44. The molecule has 0 aliphatic rings. The van der Waals surface area contributed by atoms with Crippen molar-refractivity contribution in [1.82, 2.24) is 15.5 Å². The normalized spacial score (nSPS) is 10.3. The Bertz CT molecular complexity index is 597. The topological polar surface area (TPSA) is 80.0 Å². The first-order valence-electron chi connectivity index (χ1n) is 5.65. The van der Waals surface area contributed by atoms with E-state index in [-0.39, 0.29) is 17.8 Å². The van der Waals surface area contributed by atoms with Gasteiger partial charge >= 0.3 is 0 Å². The second kappa shape index (κ2) is 5.47. The van der Waals surface area contributed by atoms with Crippen molar-refractivity contribution in [3.05, 3.63) is 41.3 Å². The van der Waals surface area contributed by atoms with Crippen molar-refractivity contribution in [3.63, 3.8) is 0 Å². The number of aromatic nitrogens is 2. The van der Waals surface area contributed by atoms with Crippen LogP contribution >= 0.6 is 0 Å². The molecule has 7 heteroatoms. The number of hydrogen-bond donors (Lipinski definition) is 2. The number of para-hydroxylation sites is 1. The highest BCUT2D eigenvalue weighted by Gasteiger charge is 2.14. The molecule has 100 valence electrons. The number of rotatable bonds is 4. The maximum atomic E-state index is 13.5. The van der Waals surface area contributed by atoms with Crippen LogP contribution in [-0.2, 0) is 6.54 Å². The van der Waals surface area contributed by atoms with Crippen LogP contribution in [0.4, 0.5) is 10.1 Å². The maximum absolute atomic E-state index is 13.5. The Kier molecular flexibility index (Phi) is 3.74. The summed E-state index contributed by atoms with van der Waals surface area (Å²) >= 11 is 0. The van der Waals surface area contributed by atoms with E-state index in [1.807, 2.05) is 0 Å². The molecule has 1 amide bonds. The molecule has 0 fully saturated rings. The summed E-state index contributed by atoms with van der Waals surface area (Å²) in [6.07, 6.45) is 0. The second-order valence-electron chi connectivity index (χ2n) is 3.82. The summed E-state index contributed by atoms with van der Waals surface area (Å²) in [5.41, 5.74) is 0.381. The number of nitrogens with zero attached hydrogens (tertiary/aromatic N) is 2. The quantitative estimate of drug-likeness (QED) is 0.874. The van der Waals surface area contributed by atoms with Gasteiger partial charge in [-0.05, 0) is 12.1 Å². The van der Waals surface area contributed by atoms with Crippen LogP contribution in [0.5, 0.6) is 0 Å². The Labute approximate surface area is 109 Å². The van der Waals surface area contributed by atoms with Crippen LogP contribution in [0.2, 0.25) is 0 Å². The molecule has 2 N–H and O–H groups in total. The van der Waals surface area contributed by atoms with Gasteiger partial charge in [-0.15, -0.1) is 0 Å². The number of amides is 1. The molecule has 19 heavy (non-hydrogen) atoms. The van der Waals surface area contributed by atoms with E-state index < -0.39 is 11.7 Å². The number of aryl methyl sites for hydroxylation is 1. The molecule has 0 spiro atoms. The van der Waals surface area contributed by atoms with E-state index in [0.717, 1.165) is 0 Å². The summed E-state index contributed by atoms with van der Waals surface area (Å²) in [6.45, 7) is 1.78. The van der Waals surface area contributed by atoms with Crippen molar-refractivity contribution >= 4 is 11.6 Å². The maximum Gasteiger partial charge on any atom is 0.253 e. The molecule has 0 bridgehead atoms. The zero-order valence-corrected chi connectivity index (χ0v) is 10.5. The summed E-state index contributed by atoms with van der Waals surface area (Å²) in [5, 5.41) is 8.91. The third kappa shape index (κ3) is 2.87. The van der Waals surface area contributed by atoms with Crippen molar-refractivity contribution in [3.8, 4) is 0 Å². The monoisotopic (exact) mass is 264 g/mol. The van der Waals surface area contributed by atoms with Crippen molar-refractivity contribution in [2.45, 2.75) is 13.5 Å². The summed E-state index contributed by atoms with van der Waals surface area (Å²) in [5.74, 6) is -0.101. The lowest BCUT2D eigenvalue weighted by Gasteiger charge is -2.09. The van der Waals surface area contributed by atoms with Gasteiger partial charge in [-0.1, -0.05) is 11.2 Å². The lowest BCUT2D eigenvalue weighted by molar-refractivity contribution is 0.0950. The van der Waals surface area contributed by atoms with Crippen LogP contribution in [-0.4, -0.2) is 23.1 Å². The number of nitrogens with one attached hydrogen (secondary N) is 2. The lowest BCUT2D eigenvalue weighted by Crippen LogP contribution is -2.24. The largest absolute Gasteiger partial charge is 0.385 e. The van der Waals surface area contributed by atoms with Crippen LogP contribution in [0.25, 0.3) is 0 Å². The van der Waals surface area contributed by atoms with Crippen molar-refractivity contribution in [2.75, 3.05) is 12.4 Å². The van der Waals surface area contributed by atoms with Gasteiger partial charge in [0.2, 0.25) is 5.89 Å². The Morgan fingerprint density at radius 3 is 2.89 bits per heavy atom. The highest BCUT2D eigenvalue weighted by molar-refractivity contribution is 5.99. The SMILES string of the molecule is CNc1c(F)cccc1C(=O)NCc1noc(C)n1. The average molecular weight is 264 g/mol. The molecule has 0 unspecified atom stereocenters. The van der Waals surface area contributed by atoms with Gasteiger partial charge < -0.3 is 15.2 Å².